The zero-order chi connectivity index (χ0) is 21.1. The summed E-state index contributed by atoms with van der Waals surface area (Å²) >= 11 is 3.36. The molecule has 9 heteroatoms. The molecule has 0 unspecified atom stereocenters. The van der Waals surface area contributed by atoms with Gasteiger partial charge in [-0.2, -0.15) is 4.68 Å². The molecular formula is C20H20BrFN4O3. The first-order valence-electron chi connectivity index (χ1n) is 8.89. The molecule has 0 saturated carbocycles. The number of carbonyl (C=O) groups excluding carboxylic acids is 1. The summed E-state index contributed by atoms with van der Waals surface area (Å²) in [6.45, 7) is 3.44. The van der Waals surface area contributed by atoms with Gasteiger partial charge in [0.1, 0.15) is 6.54 Å². The molecule has 152 valence electrons. The van der Waals surface area contributed by atoms with E-state index in [4.69, 9.17) is 4.74 Å². The second-order valence-electron chi connectivity index (χ2n) is 6.65. The van der Waals surface area contributed by atoms with Gasteiger partial charge in [0, 0.05) is 16.1 Å². The minimum Gasteiger partial charge on any atom is -0.494 e. The Hall–Kier alpha value is -2.94. The van der Waals surface area contributed by atoms with Gasteiger partial charge in [-0.15, -0.1) is 5.10 Å². The highest BCUT2D eigenvalue weighted by Crippen LogP contribution is 2.25. The molecule has 3 rings (SSSR count). The van der Waals surface area contributed by atoms with Crippen LogP contribution in [0.5, 0.6) is 5.75 Å². The summed E-state index contributed by atoms with van der Waals surface area (Å²) in [5.74, 6) is -0.607. The Morgan fingerprint density at radius 1 is 1.24 bits per heavy atom. The van der Waals surface area contributed by atoms with Crippen LogP contribution in [0.1, 0.15) is 13.8 Å². The third-order valence-corrected chi connectivity index (χ3v) is 4.62. The van der Waals surface area contributed by atoms with Crippen LogP contribution in [-0.2, 0) is 11.3 Å². The highest BCUT2D eigenvalue weighted by atomic mass is 79.9. The first-order chi connectivity index (χ1) is 13.8. The topological polar surface area (TPSA) is 78.2 Å². The summed E-state index contributed by atoms with van der Waals surface area (Å²) in [4.78, 5) is 25.4. The average Bonchev–Trinajstić information content (AvgIpc) is 2.99. The standard InChI is InChI=1S/C20H20BrFN4O3/c1-12(2)23-18(27)11-25-19(13-4-9-16(22)17(10-13)29-3)24-26(20(25)28)15-7-5-14(21)6-8-15/h4-10,12H,11H2,1-3H3,(H,23,27). The Balaban J connectivity index is 2.14. The van der Waals surface area contributed by atoms with Crippen molar-refractivity contribution < 1.29 is 13.9 Å². The van der Waals surface area contributed by atoms with Crippen LogP contribution < -0.4 is 15.7 Å². The lowest BCUT2D eigenvalue weighted by atomic mass is 10.2. The van der Waals surface area contributed by atoms with E-state index in [2.05, 4.69) is 26.3 Å². The van der Waals surface area contributed by atoms with Gasteiger partial charge in [0.15, 0.2) is 17.4 Å². The number of halogens is 2. The van der Waals surface area contributed by atoms with E-state index in [1.807, 2.05) is 13.8 Å². The Kier molecular flexibility index (Phi) is 6.17. The fourth-order valence-corrected chi connectivity index (χ4v) is 3.08. The molecule has 1 N–H and O–H groups in total. The minimum atomic E-state index is -0.532. The van der Waals surface area contributed by atoms with Crippen LogP contribution in [0.25, 0.3) is 17.1 Å². The smallest absolute Gasteiger partial charge is 0.351 e. The SMILES string of the molecule is COc1cc(-c2nn(-c3ccc(Br)cc3)c(=O)n2CC(=O)NC(C)C)ccc1F. The lowest BCUT2D eigenvalue weighted by Gasteiger charge is -2.10. The van der Waals surface area contributed by atoms with E-state index < -0.39 is 11.5 Å². The van der Waals surface area contributed by atoms with E-state index in [9.17, 15) is 14.0 Å². The molecule has 0 bridgehead atoms. The summed E-state index contributed by atoms with van der Waals surface area (Å²) < 4.78 is 22.2. The van der Waals surface area contributed by atoms with Crippen molar-refractivity contribution in [2.75, 3.05) is 7.11 Å². The zero-order valence-corrected chi connectivity index (χ0v) is 17.7. The molecular weight excluding hydrogens is 443 g/mol. The molecule has 3 aromatic rings. The van der Waals surface area contributed by atoms with Crippen molar-refractivity contribution in [2.24, 2.45) is 0 Å². The van der Waals surface area contributed by atoms with Crippen molar-refractivity contribution in [3.05, 3.63) is 63.2 Å². The maximum atomic E-state index is 13.8. The molecule has 1 heterocycles. The maximum Gasteiger partial charge on any atom is 0.351 e. The quantitative estimate of drug-likeness (QED) is 0.610. The number of methoxy groups -OCH3 is 1. The summed E-state index contributed by atoms with van der Waals surface area (Å²) in [5.41, 5.74) is 0.509. The predicted molar refractivity (Wildman–Crippen MR) is 111 cm³/mol. The van der Waals surface area contributed by atoms with Gasteiger partial charge < -0.3 is 10.1 Å². The number of benzene rings is 2. The van der Waals surface area contributed by atoms with Crippen molar-refractivity contribution in [1.29, 1.82) is 0 Å². The molecule has 0 aliphatic heterocycles. The largest absolute Gasteiger partial charge is 0.494 e. The van der Waals surface area contributed by atoms with Crippen LogP contribution >= 0.6 is 15.9 Å². The van der Waals surface area contributed by atoms with Gasteiger partial charge in [-0.1, -0.05) is 15.9 Å². The first-order valence-corrected chi connectivity index (χ1v) is 9.68. The molecule has 1 amide bonds. The number of amides is 1. The zero-order valence-electron chi connectivity index (χ0n) is 16.1. The monoisotopic (exact) mass is 462 g/mol. The molecule has 29 heavy (non-hydrogen) atoms. The number of ether oxygens (including phenoxy) is 1. The van der Waals surface area contributed by atoms with Gasteiger partial charge in [-0.05, 0) is 56.3 Å². The molecule has 0 radical (unpaired) electrons. The van der Waals surface area contributed by atoms with Crippen molar-refractivity contribution in [1.82, 2.24) is 19.7 Å². The molecule has 7 nitrogen and oxygen atoms in total. The second kappa shape index (κ2) is 8.60. The van der Waals surface area contributed by atoms with E-state index in [1.165, 1.54) is 34.6 Å². The van der Waals surface area contributed by atoms with Crippen LogP contribution in [0.15, 0.2) is 51.7 Å². The van der Waals surface area contributed by atoms with Crippen LogP contribution in [0.2, 0.25) is 0 Å². The van der Waals surface area contributed by atoms with Crippen molar-refractivity contribution >= 4 is 21.8 Å². The predicted octanol–water partition coefficient (Wildman–Crippen LogP) is 3.14. The summed E-state index contributed by atoms with van der Waals surface area (Å²) in [6, 6.07) is 11.1. The maximum absolute atomic E-state index is 13.8. The van der Waals surface area contributed by atoms with Crippen LogP contribution in [-0.4, -0.2) is 33.4 Å². The number of rotatable bonds is 6. The number of aromatic nitrogens is 3. The number of nitrogens with zero attached hydrogens (tertiary/aromatic N) is 3. The molecule has 0 fully saturated rings. The molecule has 0 spiro atoms. The van der Waals surface area contributed by atoms with Gasteiger partial charge >= 0.3 is 5.69 Å². The number of hydrogen-bond acceptors (Lipinski definition) is 4. The third kappa shape index (κ3) is 4.56. The average molecular weight is 463 g/mol. The molecule has 0 aliphatic carbocycles. The van der Waals surface area contributed by atoms with Gasteiger partial charge in [0.05, 0.1) is 12.8 Å². The van der Waals surface area contributed by atoms with E-state index in [0.29, 0.717) is 11.3 Å². The van der Waals surface area contributed by atoms with Gasteiger partial charge in [0.2, 0.25) is 5.91 Å². The van der Waals surface area contributed by atoms with E-state index in [0.717, 1.165) is 4.47 Å². The van der Waals surface area contributed by atoms with Crippen molar-refractivity contribution in [3.63, 3.8) is 0 Å². The van der Waals surface area contributed by atoms with E-state index in [-0.39, 0.29) is 30.1 Å². The first kappa shape index (κ1) is 20.8. The lowest BCUT2D eigenvalue weighted by molar-refractivity contribution is -0.122. The van der Waals surface area contributed by atoms with Gasteiger partial charge in [-0.25, -0.2) is 9.18 Å². The van der Waals surface area contributed by atoms with Crippen molar-refractivity contribution in [3.8, 4) is 22.8 Å². The Morgan fingerprint density at radius 2 is 1.93 bits per heavy atom. The number of nitrogens with one attached hydrogen (secondary N) is 1. The highest BCUT2D eigenvalue weighted by molar-refractivity contribution is 9.10. The minimum absolute atomic E-state index is 0.0197. The second-order valence-corrected chi connectivity index (χ2v) is 7.57. The summed E-state index contributed by atoms with van der Waals surface area (Å²) in [6.07, 6.45) is 0. The molecule has 1 aromatic heterocycles. The number of carbonyl (C=O) groups is 1. The van der Waals surface area contributed by atoms with Crippen molar-refractivity contribution in [2.45, 2.75) is 26.4 Å². The van der Waals surface area contributed by atoms with E-state index in [1.54, 1.807) is 24.3 Å². The summed E-state index contributed by atoms with van der Waals surface area (Å²) in [5, 5.41) is 7.17. The fourth-order valence-electron chi connectivity index (χ4n) is 2.81. The normalized spacial score (nSPS) is 11.0. The lowest BCUT2D eigenvalue weighted by Crippen LogP contribution is -2.36. The van der Waals surface area contributed by atoms with Crippen LogP contribution in [0.3, 0.4) is 0 Å². The number of hydrogen-bond donors (Lipinski definition) is 1. The molecule has 0 atom stereocenters. The molecule has 0 saturated heterocycles. The fraction of sp³-hybridized carbons (Fsp3) is 0.250. The van der Waals surface area contributed by atoms with Gasteiger partial charge in [-0.3, -0.25) is 9.36 Å². The Labute approximate surface area is 175 Å². The van der Waals surface area contributed by atoms with E-state index >= 15 is 0 Å². The highest BCUT2D eigenvalue weighted by Gasteiger charge is 2.20. The van der Waals surface area contributed by atoms with Gasteiger partial charge in [0.25, 0.3) is 0 Å². The molecule has 0 aliphatic rings. The summed E-state index contributed by atoms with van der Waals surface area (Å²) in [7, 11) is 1.35. The Morgan fingerprint density at radius 3 is 2.55 bits per heavy atom. The molecule has 2 aromatic carbocycles. The Bertz CT molecular complexity index is 1090. The van der Waals surface area contributed by atoms with Crippen LogP contribution in [0, 0.1) is 5.82 Å². The third-order valence-electron chi connectivity index (χ3n) is 4.09. The van der Waals surface area contributed by atoms with Crippen LogP contribution in [0.4, 0.5) is 4.39 Å².